The van der Waals surface area contributed by atoms with Gasteiger partial charge >= 0.3 is 6.03 Å². The number of aliphatic hydroxyl groups excluding tert-OH is 1. The van der Waals surface area contributed by atoms with Crippen molar-refractivity contribution in [2.45, 2.75) is 38.1 Å². The zero-order valence-electron chi connectivity index (χ0n) is 14.2. The molecule has 1 aromatic rings. The molecule has 1 fully saturated rings. The minimum atomic E-state index is -0.125. The minimum Gasteiger partial charge on any atom is -0.396 e. The van der Waals surface area contributed by atoms with Gasteiger partial charge in [0.2, 0.25) is 0 Å². The largest absolute Gasteiger partial charge is 0.396 e. The van der Waals surface area contributed by atoms with Crippen LogP contribution >= 0.6 is 0 Å². The Bertz CT molecular complexity index is 488. The lowest BCUT2D eigenvalue weighted by Crippen LogP contribution is -2.48. The van der Waals surface area contributed by atoms with Gasteiger partial charge in [0.25, 0.3) is 0 Å². The van der Waals surface area contributed by atoms with Gasteiger partial charge < -0.3 is 20.6 Å². The number of hydrogen-bond acceptors (Lipinski definition) is 3. The number of amides is 2. The summed E-state index contributed by atoms with van der Waals surface area (Å²) in [5.74, 6) is 0.202. The van der Waals surface area contributed by atoms with E-state index in [2.05, 4.69) is 39.8 Å². The second-order valence-electron chi connectivity index (χ2n) is 6.54. The maximum absolute atomic E-state index is 12.0. The molecule has 0 aliphatic heterocycles. The zero-order chi connectivity index (χ0) is 16.7. The van der Waals surface area contributed by atoms with E-state index in [9.17, 15) is 9.90 Å². The first-order chi connectivity index (χ1) is 11.1. The lowest BCUT2D eigenvalue weighted by molar-refractivity contribution is 0.154. The van der Waals surface area contributed by atoms with E-state index in [4.69, 9.17) is 0 Å². The Morgan fingerprint density at radius 3 is 2.57 bits per heavy atom. The zero-order valence-corrected chi connectivity index (χ0v) is 14.2. The van der Waals surface area contributed by atoms with Gasteiger partial charge in [-0.05, 0) is 37.0 Å². The Labute approximate surface area is 139 Å². The van der Waals surface area contributed by atoms with Crippen molar-refractivity contribution >= 4 is 11.7 Å². The number of nitrogens with one attached hydrogen (secondary N) is 2. The van der Waals surface area contributed by atoms with Gasteiger partial charge in [0.1, 0.15) is 0 Å². The van der Waals surface area contributed by atoms with Crippen LogP contribution in [-0.2, 0) is 6.42 Å². The van der Waals surface area contributed by atoms with Crippen LogP contribution < -0.4 is 15.5 Å². The molecule has 0 radical (unpaired) electrons. The topological polar surface area (TPSA) is 64.6 Å². The Hall–Kier alpha value is -1.75. The van der Waals surface area contributed by atoms with Crippen molar-refractivity contribution in [1.82, 2.24) is 10.6 Å². The van der Waals surface area contributed by atoms with Crippen LogP contribution in [0.15, 0.2) is 24.3 Å². The van der Waals surface area contributed by atoms with Crippen molar-refractivity contribution in [2.24, 2.45) is 5.92 Å². The molecule has 0 aromatic heterocycles. The van der Waals surface area contributed by atoms with Gasteiger partial charge in [0.15, 0.2) is 0 Å². The van der Waals surface area contributed by atoms with Crippen molar-refractivity contribution in [1.29, 1.82) is 0 Å². The van der Waals surface area contributed by atoms with Gasteiger partial charge in [-0.1, -0.05) is 25.0 Å². The van der Waals surface area contributed by atoms with E-state index in [1.807, 2.05) is 14.1 Å². The summed E-state index contributed by atoms with van der Waals surface area (Å²) < 4.78 is 0. The van der Waals surface area contributed by atoms with E-state index in [-0.39, 0.29) is 24.6 Å². The molecule has 2 amide bonds. The highest BCUT2D eigenvalue weighted by Gasteiger charge is 2.25. The second kappa shape index (κ2) is 8.77. The fourth-order valence-corrected chi connectivity index (χ4v) is 3.12. The predicted octanol–water partition coefficient (Wildman–Crippen LogP) is 2.15. The van der Waals surface area contributed by atoms with Crippen molar-refractivity contribution < 1.29 is 9.90 Å². The molecule has 0 spiro atoms. The first kappa shape index (κ1) is 17.6. The lowest BCUT2D eigenvalue weighted by Gasteiger charge is -2.30. The monoisotopic (exact) mass is 319 g/mol. The Morgan fingerprint density at radius 2 is 1.91 bits per heavy atom. The highest BCUT2D eigenvalue weighted by Crippen LogP contribution is 2.23. The van der Waals surface area contributed by atoms with Crippen LogP contribution in [-0.4, -0.2) is 44.4 Å². The molecule has 0 heterocycles. The van der Waals surface area contributed by atoms with Crippen molar-refractivity contribution in [3.05, 3.63) is 29.8 Å². The molecule has 1 aromatic carbocycles. The molecule has 5 heteroatoms. The molecule has 0 saturated heterocycles. The minimum absolute atomic E-state index is 0.105. The third kappa shape index (κ3) is 5.43. The number of nitrogens with zero attached hydrogens (tertiary/aromatic N) is 1. The number of urea groups is 1. The number of aliphatic hydroxyl groups is 1. The van der Waals surface area contributed by atoms with Gasteiger partial charge in [-0.2, -0.15) is 0 Å². The molecule has 3 N–H and O–H groups in total. The van der Waals surface area contributed by atoms with E-state index < -0.39 is 0 Å². The van der Waals surface area contributed by atoms with Gasteiger partial charge in [-0.3, -0.25) is 0 Å². The average molecular weight is 319 g/mol. The fraction of sp³-hybridized carbons (Fsp3) is 0.611. The van der Waals surface area contributed by atoms with Crippen LogP contribution in [0.1, 0.15) is 31.2 Å². The Kier molecular flexibility index (Phi) is 6.71. The summed E-state index contributed by atoms with van der Waals surface area (Å²) in [6.45, 7) is 0.771. The molecule has 5 nitrogen and oxygen atoms in total. The van der Waals surface area contributed by atoms with Crippen LogP contribution in [0.2, 0.25) is 0 Å². The van der Waals surface area contributed by atoms with E-state index >= 15 is 0 Å². The number of hydrogen-bond donors (Lipinski definition) is 3. The van der Waals surface area contributed by atoms with Gasteiger partial charge in [0, 0.05) is 44.9 Å². The molecule has 2 unspecified atom stereocenters. The van der Waals surface area contributed by atoms with E-state index in [0.717, 1.165) is 32.1 Å². The summed E-state index contributed by atoms with van der Waals surface area (Å²) in [5, 5.41) is 15.3. The van der Waals surface area contributed by atoms with E-state index in [1.54, 1.807) is 0 Å². The first-order valence-corrected chi connectivity index (χ1v) is 8.51. The summed E-state index contributed by atoms with van der Waals surface area (Å²) >= 11 is 0. The molecule has 2 rings (SSSR count). The highest BCUT2D eigenvalue weighted by atomic mass is 16.3. The van der Waals surface area contributed by atoms with Gasteiger partial charge in [-0.15, -0.1) is 0 Å². The Balaban J connectivity index is 1.71. The second-order valence-corrected chi connectivity index (χ2v) is 6.54. The number of benzene rings is 1. The lowest BCUT2D eigenvalue weighted by atomic mass is 9.85. The number of anilines is 1. The van der Waals surface area contributed by atoms with E-state index in [0.29, 0.717) is 6.54 Å². The highest BCUT2D eigenvalue weighted by molar-refractivity contribution is 5.74. The molecular formula is C18H29N3O2. The Morgan fingerprint density at radius 1 is 1.22 bits per heavy atom. The van der Waals surface area contributed by atoms with Crippen LogP contribution in [0.25, 0.3) is 0 Å². The molecule has 128 valence electrons. The summed E-state index contributed by atoms with van der Waals surface area (Å²) in [4.78, 5) is 14.1. The number of rotatable bonds is 6. The van der Waals surface area contributed by atoms with Crippen LogP contribution in [0.4, 0.5) is 10.5 Å². The van der Waals surface area contributed by atoms with Gasteiger partial charge in [-0.25, -0.2) is 4.79 Å². The third-order valence-corrected chi connectivity index (χ3v) is 4.61. The van der Waals surface area contributed by atoms with Crippen LogP contribution in [0, 0.1) is 5.92 Å². The summed E-state index contributed by atoms with van der Waals surface area (Å²) in [7, 11) is 4.04. The number of carbonyl (C=O) groups excluding carboxylic acids is 1. The molecule has 1 aliphatic carbocycles. The van der Waals surface area contributed by atoms with E-state index in [1.165, 1.54) is 11.3 Å². The van der Waals surface area contributed by atoms with Crippen LogP contribution in [0.5, 0.6) is 0 Å². The normalized spacial score (nSPS) is 20.8. The maximum atomic E-state index is 12.0. The van der Waals surface area contributed by atoms with Crippen molar-refractivity contribution in [3.8, 4) is 0 Å². The molecule has 1 aliphatic rings. The SMILES string of the molecule is CN(C)c1ccc(CCNC(=O)NC2CCCCC2CO)cc1. The smallest absolute Gasteiger partial charge is 0.315 e. The standard InChI is InChI=1S/C18H29N3O2/c1-21(2)16-9-7-14(8-10-16)11-12-19-18(23)20-17-6-4-3-5-15(17)13-22/h7-10,15,17,22H,3-6,11-13H2,1-2H3,(H2,19,20,23). The molecule has 2 atom stereocenters. The predicted molar refractivity (Wildman–Crippen MR) is 93.8 cm³/mol. The quantitative estimate of drug-likeness (QED) is 0.753. The summed E-state index contributed by atoms with van der Waals surface area (Å²) in [6, 6.07) is 8.34. The molecule has 0 bridgehead atoms. The summed E-state index contributed by atoms with van der Waals surface area (Å²) in [5.41, 5.74) is 2.38. The third-order valence-electron chi connectivity index (χ3n) is 4.61. The van der Waals surface area contributed by atoms with Gasteiger partial charge in [0.05, 0.1) is 0 Å². The summed E-state index contributed by atoms with van der Waals surface area (Å²) in [6.07, 6.45) is 5.05. The molecule has 1 saturated carbocycles. The average Bonchev–Trinajstić information content (AvgIpc) is 2.56. The van der Waals surface area contributed by atoms with Crippen molar-refractivity contribution in [3.63, 3.8) is 0 Å². The maximum Gasteiger partial charge on any atom is 0.315 e. The number of carbonyl (C=O) groups is 1. The molecule has 23 heavy (non-hydrogen) atoms. The fourth-order valence-electron chi connectivity index (χ4n) is 3.12. The molecular weight excluding hydrogens is 290 g/mol. The first-order valence-electron chi connectivity index (χ1n) is 8.51. The van der Waals surface area contributed by atoms with Crippen molar-refractivity contribution in [2.75, 3.05) is 32.1 Å². The van der Waals surface area contributed by atoms with Crippen LogP contribution in [0.3, 0.4) is 0 Å².